The quantitative estimate of drug-likeness (QED) is 0.314. The number of alkyl halides is 3. The average Bonchev–Trinajstić information content (AvgIpc) is 3.64. The number of hydrogen-bond acceptors (Lipinski definition) is 6. The number of benzene rings is 1. The second-order valence-corrected chi connectivity index (χ2v) is 8.53. The molecule has 188 valence electrons. The number of ketones is 1. The summed E-state index contributed by atoms with van der Waals surface area (Å²) < 4.78 is 57.9. The van der Waals surface area contributed by atoms with Gasteiger partial charge in [0.2, 0.25) is 5.91 Å². The zero-order valence-electron chi connectivity index (χ0n) is 19.2. The van der Waals surface area contributed by atoms with Crippen molar-refractivity contribution in [2.75, 3.05) is 12.4 Å². The summed E-state index contributed by atoms with van der Waals surface area (Å²) in [6.45, 7) is 0.0835. The summed E-state index contributed by atoms with van der Waals surface area (Å²) in [7, 11) is 1.47. The van der Waals surface area contributed by atoms with Gasteiger partial charge in [0.25, 0.3) is 0 Å². The first-order chi connectivity index (χ1) is 17.1. The molecule has 0 radical (unpaired) electrons. The molecule has 1 aliphatic rings. The molecule has 1 aromatic carbocycles. The van der Waals surface area contributed by atoms with Crippen LogP contribution >= 0.6 is 0 Å². The van der Waals surface area contributed by atoms with Crippen molar-refractivity contribution in [2.24, 2.45) is 5.41 Å². The van der Waals surface area contributed by atoms with Crippen LogP contribution in [0.1, 0.15) is 40.9 Å². The van der Waals surface area contributed by atoms with Gasteiger partial charge in [-0.2, -0.15) is 13.2 Å². The number of aromatic nitrogens is 2. The Morgan fingerprint density at radius 3 is 2.50 bits per heavy atom. The molecule has 2 aromatic heterocycles. The first-order valence-corrected chi connectivity index (χ1v) is 11.0. The number of nitrogens with one attached hydrogen (secondary N) is 2. The summed E-state index contributed by atoms with van der Waals surface area (Å²) in [6, 6.07) is 6.98. The van der Waals surface area contributed by atoms with Crippen LogP contribution in [0.5, 0.6) is 5.75 Å². The number of anilines is 2. The highest BCUT2D eigenvalue weighted by atomic mass is 19.4. The zero-order valence-corrected chi connectivity index (χ0v) is 19.2. The van der Waals surface area contributed by atoms with Crippen LogP contribution in [0.4, 0.5) is 28.9 Å². The van der Waals surface area contributed by atoms with E-state index in [1.165, 1.54) is 31.8 Å². The maximum absolute atomic E-state index is 13.3. The number of ether oxygens (including phenoxy) is 1. The van der Waals surface area contributed by atoms with E-state index in [0.29, 0.717) is 35.9 Å². The van der Waals surface area contributed by atoms with Crippen LogP contribution in [-0.2, 0) is 17.5 Å². The molecule has 36 heavy (non-hydrogen) atoms. The predicted molar refractivity (Wildman–Crippen MR) is 122 cm³/mol. The van der Waals surface area contributed by atoms with Crippen molar-refractivity contribution in [3.05, 3.63) is 77.6 Å². The van der Waals surface area contributed by atoms with Gasteiger partial charge in [-0.3, -0.25) is 19.6 Å². The van der Waals surface area contributed by atoms with Crippen LogP contribution in [0.15, 0.2) is 55.0 Å². The number of hydrogen-bond donors (Lipinski definition) is 2. The molecule has 0 aliphatic heterocycles. The Bertz CT molecular complexity index is 1280. The Balaban J connectivity index is 1.35. The second kappa shape index (κ2) is 9.92. The number of rotatable bonds is 9. The minimum Gasteiger partial charge on any atom is -0.495 e. The van der Waals surface area contributed by atoms with Gasteiger partial charge in [-0.15, -0.1) is 0 Å². The normalized spacial score (nSPS) is 14.1. The maximum Gasteiger partial charge on any atom is 0.418 e. The van der Waals surface area contributed by atoms with Gasteiger partial charge in [0.05, 0.1) is 54.1 Å². The van der Waals surface area contributed by atoms with Crippen LogP contribution < -0.4 is 15.4 Å². The minimum atomic E-state index is -4.73. The highest BCUT2D eigenvalue weighted by Gasteiger charge is 2.51. The highest BCUT2D eigenvalue weighted by Crippen LogP contribution is 2.49. The van der Waals surface area contributed by atoms with E-state index < -0.39 is 23.0 Å². The molecule has 0 atom stereocenters. The van der Waals surface area contributed by atoms with E-state index in [1.807, 2.05) is 0 Å². The molecule has 0 bridgehead atoms. The lowest BCUT2D eigenvalue weighted by molar-refractivity contribution is -0.137. The molecular formula is C25H22F4N4O3. The standard InChI is InChI=1S/C25H22F4N4O3/c1-36-19-8-15(11-30-14-19)22(34)10-24(6-7-24)23(35)32-12-17-3-4-18(13-31-17)33-21-5-2-16(26)9-20(21)25(27,28)29/h2-5,8-9,11,13-14,33H,6-7,10,12H2,1H3,(H,32,35). The predicted octanol–water partition coefficient (Wildman–Crippen LogP) is 5.06. The Labute approximate surface area is 203 Å². The fourth-order valence-electron chi connectivity index (χ4n) is 3.70. The van der Waals surface area contributed by atoms with Crippen LogP contribution in [0, 0.1) is 11.2 Å². The molecule has 1 aliphatic carbocycles. The van der Waals surface area contributed by atoms with E-state index in [-0.39, 0.29) is 36.0 Å². The van der Waals surface area contributed by atoms with Gasteiger partial charge in [0.15, 0.2) is 5.78 Å². The maximum atomic E-state index is 13.3. The highest BCUT2D eigenvalue weighted by molar-refractivity contribution is 6.00. The van der Waals surface area contributed by atoms with Crippen molar-refractivity contribution in [1.29, 1.82) is 0 Å². The molecular weight excluding hydrogens is 480 g/mol. The van der Waals surface area contributed by atoms with E-state index in [4.69, 9.17) is 4.74 Å². The number of pyridine rings is 2. The fourth-order valence-corrected chi connectivity index (χ4v) is 3.70. The SMILES string of the molecule is COc1cncc(C(=O)CC2(C(=O)NCc3ccc(Nc4ccc(F)cc4C(F)(F)F)cn3)CC2)c1. The molecule has 2 N–H and O–H groups in total. The molecule has 7 nitrogen and oxygen atoms in total. The number of methoxy groups -OCH3 is 1. The van der Waals surface area contributed by atoms with Crippen molar-refractivity contribution in [3.8, 4) is 5.75 Å². The smallest absolute Gasteiger partial charge is 0.418 e. The molecule has 1 fully saturated rings. The molecule has 0 saturated heterocycles. The van der Waals surface area contributed by atoms with Gasteiger partial charge in [-0.1, -0.05) is 0 Å². The Morgan fingerprint density at radius 1 is 1.08 bits per heavy atom. The first-order valence-electron chi connectivity index (χ1n) is 11.0. The summed E-state index contributed by atoms with van der Waals surface area (Å²) in [5, 5.41) is 5.37. The molecule has 1 amide bonds. The molecule has 3 aromatic rings. The van der Waals surface area contributed by atoms with Gasteiger partial charge >= 0.3 is 6.18 Å². The van der Waals surface area contributed by atoms with E-state index in [0.717, 1.165) is 12.1 Å². The number of halogens is 4. The third-order valence-electron chi connectivity index (χ3n) is 5.93. The van der Waals surface area contributed by atoms with Crippen molar-refractivity contribution in [3.63, 3.8) is 0 Å². The van der Waals surface area contributed by atoms with Crippen LogP contribution in [0.3, 0.4) is 0 Å². The van der Waals surface area contributed by atoms with Gasteiger partial charge in [0.1, 0.15) is 11.6 Å². The lowest BCUT2D eigenvalue weighted by Crippen LogP contribution is -2.33. The van der Waals surface area contributed by atoms with E-state index in [1.54, 1.807) is 12.1 Å². The molecule has 2 heterocycles. The van der Waals surface area contributed by atoms with E-state index in [2.05, 4.69) is 20.6 Å². The average molecular weight is 502 g/mol. The van der Waals surface area contributed by atoms with Crippen LogP contribution in [0.25, 0.3) is 0 Å². The zero-order chi connectivity index (χ0) is 25.9. The summed E-state index contributed by atoms with van der Waals surface area (Å²) in [5.41, 5.74) is -1.11. The largest absolute Gasteiger partial charge is 0.495 e. The topological polar surface area (TPSA) is 93.2 Å². The van der Waals surface area contributed by atoms with Crippen LogP contribution in [-0.4, -0.2) is 28.8 Å². The molecule has 1 saturated carbocycles. The molecule has 11 heteroatoms. The number of Topliss-reactive ketones (excluding diaryl/α,β-unsaturated/α-hetero) is 1. The number of carbonyl (C=O) groups is 2. The van der Waals surface area contributed by atoms with E-state index >= 15 is 0 Å². The third kappa shape index (κ3) is 5.78. The lowest BCUT2D eigenvalue weighted by atomic mass is 9.95. The lowest BCUT2D eigenvalue weighted by Gasteiger charge is -2.16. The summed E-state index contributed by atoms with van der Waals surface area (Å²) in [4.78, 5) is 33.6. The Morgan fingerprint density at radius 2 is 1.86 bits per heavy atom. The van der Waals surface area contributed by atoms with E-state index in [9.17, 15) is 27.2 Å². The van der Waals surface area contributed by atoms with Gasteiger partial charge in [-0.25, -0.2) is 4.39 Å². The molecule has 0 spiro atoms. The summed E-state index contributed by atoms with van der Waals surface area (Å²) >= 11 is 0. The number of nitrogens with zero attached hydrogens (tertiary/aromatic N) is 2. The van der Waals surface area contributed by atoms with Gasteiger partial charge in [-0.05, 0) is 49.2 Å². The first kappa shape index (κ1) is 25.1. The Kier molecular flexibility index (Phi) is 6.91. The number of amides is 1. The second-order valence-electron chi connectivity index (χ2n) is 8.53. The van der Waals surface area contributed by atoms with Crippen molar-refractivity contribution in [1.82, 2.24) is 15.3 Å². The van der Waals surface area contributed by atoms with Gasteiger partial charge in [0, 0.05) is 18.2 Å². The Hall–Kier alpha value is -4.02. The fraction of sp³-hybridized carbons (Fsp3) is 0.280. The summed E-state index contributed by atoms with van der Waals surface area (Å²) in [6.07, 6.45) is 0.710. The minimum absolute atomic E-state index is 0.0448. The van der Waals surface area contributed by atoms with Crippen molar-refractivity contribution < 1.29 is 31.9 Å². The monoisotopic (exact) mass is 502 g/mol. The molecule has 4 rings (SSSR count). The third-order valence-corrected chi connectivity index (χ3v) is 5.93. The van der Waals surface area contributed by atoms with Crippen molar-refractivity contribution >= 4 is 23.1 Å². The number of carbonyl (C=O) groups excluding carboxylic acids is 2. The van der Waals surface area contributed by atoms with Crippen molar-refractivity contribution in [2.45, 2.75) is 32.0 Å². The molecule has 0 unspecified atom stereocenters. The van der Waals surface area contributed by atoms with Gasteiger partial charge < -0.3 is 15.4 Å². The van der Waals surface area contributed by atoms with Crippen LogP contribution in [0.2, 0.25) is 0 Å². The summed E-state index contributed by atoms with van der Waals surface area (Å²) in [5.74, 6) is -1.01.